The first kappa shape index (κ1) is 14.5. The second-order valence-corrected chi connectivity index (χ2v) is 5.08. The molecule has 0 saturated carbocycles. The third kappa shape index (κ3) is 3.34. The summed E-state index contributed by atoms with van der Waals surface area (Å²) in [6.45, 7) is 2.36. The zero-order valence-corrected chi connectivity index (χ0v) is 12.4. The number of hydrogen-bond acceptors (Lipinski definition) is 6. The molecule has 0 aliphatic heterocycles. The standard InChI is InChI=1S/C14H16N2O3S/c1-9-4-5-10(6-12(9)13(17)19-3)15-14-16-11(7-18-2)8-20-14/h4-6,8H,7H2,1-3H3,(H,15,16). The average molecular weight is 292 g/mol. The Morgan fingerprint density at radius 3 is 2.90 bits per heavy atom. The van der Waals surface area contributed by atoms with Crippen molar-refractivity contribution in [1.82, 2.24) is 4.98 Å². The van der Waals surface area contributed by atoms with E-state index in [1.165, 1.54) is 18.4 Å². The summed E-state index contributed by atoms with van der Waals surface area (Å²) in [5.41, 5.74) is 3.10. The number of ether oxygens (including phenoxy) is 2. The lowest BCUT2D eigenvalue weighted by Gasteiger charge is -2.07. The lowest BCUT2D eigenvalue weighted by atomic mass is 10.1. The highest BCUT2D eigenvalue weighted by molar-refractivity contribution is 7.13. The average Bonchev–Trinajstić information content (AvgIpc) is 2.88. The Kier molecular flexibility index (Phi) is 4.70. The van der Waals surface area contributed by atoms with Crippen molar-refractivity contribution in [3.8, 4) is 0 Å². The third-order valence-electron chi connectivity index (χ3n) is 2.74. The first-order chi connectivity index (χ1) is 9.63. The van der Waals surface area contributed by atoms with Gasteiger partial charge in [0.25, 0.3) is 0 Å². The van der Waals surface area contributed by atoms with Gasteiger partial charge in [0.2, 0.25) is 0 Å². The number of esters is 1. The van der Waals surface area contributed by atoms with Gasteiger partial charge in [-0.1, -0.05) is 6.07 Å². The van der Waals surface area contributed by atoms with Gasteiger partial charge in [0.1, 0.15) is 0 Å². The van der Waals surface area contributed by atoms with Crippen molar-refractivity contribution in [2.24, 2.45) is 0 Å². The Bertz CT molecular complexity index is 610. The minimum Gasteiger partial charge on any atom is -0.465 e. The van der Waals surface area contributed by atoms with E-state index in [9.17, 15) is 4.79 Å². The van der Waals surface area contributed by atoms with Crippen LogP contribution < -0.4 is 5.32 Å². The Hall–Kier alpha value is -1.92. The fourth-order valence-electron chi connectivity index (χ4n) is 1.73. The van der Waals surface area contributed by atoms with Gasteiger partial charge in [0.15, 0.2) is 5.13 Å². The van der Waals surface area contributed by atoms with Crippen LogP contribution in [0.2, 0.25) is 0 Å². The molecular weight excluding hydrogens is 276 g/mol. The molecule has 0 saturated heterocycles. The van der Waals surface area contributed by atoms with Crippen molar-refractivity contribution >= 4 is 28.1 Å². The predicted octanol–water partition coefficient (Wildman–Crippen LogP) is 3.13. The van der Waals surface area contributed by atoms with Crippen molar-refractivity contribution in [2.75, 3.05) is 19.5 Å². The molecule has 0 amide bonds. The van der Waals surface area contributed by atoms with Gasteiger partial charge in [-0.2, -0.15) is 0 Å². The van der Waals surface area contributed by atoms with Crippen molar-refractivity contribution in [2.45, 2.75) is 13.5 Å². The Labute approximate surface area is 121 Å². The van der Waals surface area contributed by atoms with E-state index in [4.69, 9.17) is 9.47 Å². The Morgan fingerprint density at radius 1 is 1.40 bits per heavy atom. The van der Waals surface area contributed by atoms with Crippen LogP contribution in [0.3, 0.4) is 0 Å². The number of carbonyl (C=O) groups excluding carboxylic acids is 1. The van der Waals surface area contributed by atoms with Crippen LogP contribution in [0.25, 0.3) is 0 Å². The predicted molar refractivity (Wildman–Crippen MR) is 78.6 cm³/mol. The van der Waals surface area contributed by atoms with E-state index >= 15 is 0 Å². The number of benzene rings is 1. The monoisotopic (exact) mass is 292 g/mol. The molecule has 0 radical (unpaired) electrons. The second kappa shape index (κ2) is 6.49. The molecule has 106 valence electrons. The highest BCUT2D eigenvalue weighted by Crippen LogP contribution is 2.23. The summed E-state index contributed by atoms with van der Waals surface area (Å²) >= 11 is 1.49. The number of nitrogens with one attached hydrogen (secondary N) is 1. The molecule has 0 atom stereocenters. The van der Waals surface area contributed by atoms with E-state index in [-0.39, 0.29) is 5.97 Å². The zero-order chi connectivity index (χ0) is 14.5. The van der Waals surface area contributed by atoms with Crippen LogP contribution in [-0.2, 0) is 16.1 Å². The van der Waals surface area contributed by atoms with E-state index in [1.54, 1.807) is 13.2 Å². The number of aryl methyl sites for hydroxylation is 1. The topological polar surface area (TPSA) is 60.5 Å². The van der Waals surface area contributed by atoms with Crippen LogP contribution in [-0.4, -0.2) is 25.2 Å². The number of rotatable bonds is 5. The quantitative estimate of drug-likeness (QED) is 0.858. The summed E-state index contributed by atoms with van der Waals surface area (Å²) in [6, 6.07) is 5.54. The normalized spacial score (nSPS) is 10.3. The maximum absolute atomic E-state index is 11.6. The van der Waals surface area contributed by atoms with Crippen molar-refractivity contribution in [1.29, 1.82) is 0 Å². The molecule has 0 fully saturated rings. The minimum atomic E-state index is -0.342. The molecule has 6 heteroatoms. The molecule has 5 nitrogen and oxygen atoms in total. The molecule has 0 aliphatic rings. The van der Waals surface area contributed by atoms with Crippen LogP contribution in [0, 0.1) is 6.92 Å². The van der Waals surface area contributed by atoms with E-state index in [1.807, 2.05) is 24.4 Å². The van der Waals surface area contributed by atoms with Crippen LogP contribution in [0.5, 0.6) is 0 Å². The van der Waals surface area contributed by atoms with Gasteiger partial charge in [0.05, 0.1) is 25.0 Å². The van der Waals surface area contributed by atoms with Crippen LogP contribution in [0.1, 0.15) is 21.6 Å². The molecule has 0 aliphatic carbocycles. The molecule has 20 heavy (non-hydrogen) atoms. The number of carbonyl (C=O) groups is 1. The highest BCUT2D eigenvalue weighted by Gasteiger charge is 2.10. The minimum absolute atomic E-state index is 0.342. The number of anilines is 2. The molecule has 1 aromatic heterocycles. The van der Waals surface area contributed by atoms with Crippen LogP contribution in [0.15, 0.2) is 23.6 Å². The van der Waals surface area contributed by atoms with Gasteiger partial charge < -0.3 is 14.8 Å². The lowest BCUT2D eigenvalue weighted by Crippen LogP contribution is -2.04. The summed E-state index contributed by atoms with van der Waals surface area (Å²) < 4.78 is 9.79. The first-order valence-electron chi connectivity index (χ1n) is 6.03. The summed E-state index contributed by atoms with van der Waals surface area (Å²) in [7, 11) is 3.01. The van der Waals surface area contributed by atoms with E-state index in [0.717, 1.165) is 22.1 Å². The molecule has 2 aromatic rings. The highest BCUT2D eigenvalue weighted by atomic mass is 32.1. The summed E-state index contributed by atoms with van der Waals surface area (Å²) in [4.78, 5) is 16.0. The lowest BCUT2D eigenvalue weighted by molar-refractivity contribution is 0.0600. The molecule has 0 unspecified atom stereocenters. The Balaban J connectivity index is 2.18. The van der Waals surface area contributed by atoms with Gasteiger partial charge in [-0.25, -0.2) is 9.78 Å². The van der Waals surface area contributed by atoms with E-state index in [2.05, 4.69) is 10.3 Å². The van der Waals surface area contributed by atoms with E-state index in [0.29, 0.717) is 12.2 Å². The SMILES string of the molecule is COCc1csc(Nc2ccc(C)c(C(=O)OC)c2)n1. The molecule has 1 N–H and O–H groups in total. The maximum Gasteiger partial charge on any atom is 0.338 e. The smallest absolute Gasteiger partial charge is 0.338 e. The molecule has 1 aromatic carbocycles. The number of aromatic nitrogens is 1. The van der Waals surface area contributed by atoms with E-state index < -0.39 is 0 Å². The van der Waals surface area contributed by atoms with Gasteiger partial charge in [0, 0.05) is 18.2 Å². The fraction of sp³-hybridized carbons (Fsp3) is 0.286. The van der Waals surface area contributed by atoms with Crippen molar-refractivity contribution in [3.05, 3.63) is 40.4 Å². The largest absolute Gasteiger partial charge is 0.465 e. The molecule has 0 spiro atoms. The molecular formula is C14H16N2O3S. The number of nitrogens with zero attached hydrogens (tertiary/aromatic N) is 1. The van der Waals surface area contributed by atoms with Crippen molar-refractivity contribution in [3.63, 3.8) is 0 Å². The summed E-state index contributed by atoms with van der Waals surface area (Å²) in [5, 5.41) is 5.87. The number of methoxy groups -OCH3 is 2. The Morgan fingerprint density at radius 2 is 2.20 bits per heavy atom. The van der Waals surface area contributed by atoms with Gasteiger partial charge in [-0.3, -0.25) is 0 Å². The fourth-order valence-corrected chi connectivity index (χ4v) is 2.45. The summed E-state index contributed by atoms with van der Waals surface area (Å²) in [5.74, 6) is -0.342. The van der Waals surface area contributed by atoms with Gasteiger partial charge in [-0.05, 0) is 24.6 Å². The van der Waals surface area contributed by atoms with Gasteiger partial charge >= 0.3 is 5.97 Å². The maximum atomic E-state index is 11.6. The number of hydrogen-bond donors (Lipinski definition) is 1. The number of thiazole rings is 1. The van der Waals surface area contributed by atoms with Crippen molar-refractivity contribution < 1.29 is 14.3 Å². The molecule has 2 rings (SSSR count). The molecule has 0 bridgehead atoms. The zero-order valence-electron chi connectivity index (χ0n) is 11.6. The van der Waals surface area contributed by atoms with Crippen LogP contribution in [0.4, 0.5) is 10.8 Å². The second-order valence-electron chi connectivity index (χ2n) is 4.22. The first-order valence-corrected chi connectivity index (χ1v) is 6.91. The van der Waals surface area contributed by atoms with Gasteiger partial charge in [-0.15, -0.1) is 11.3 Å². The third-order valence-corrected chi connectivity index (χ3v) is 3.54. The summed E-state index contributed by atoms with van der Waals surface area (Å²) in [6.07, 6.45) is 0. The van der Waals surface area contributed by atoms with Crippen LogP contribution >= 0.6 is 11.3 Å². The molecule has 1 heterocycles.